The summed E-state index contributed by atoms with van der Waals surface area (Å²) in [7, 11) is 0. The Kier molecular flexibility index (Phi) is 2.89. The van der Waals surface area contributed by atoms with Gasteiger partial charge in [0, 0.05) is 11.6 Å². The molecule has 2 atom stereocenters. The van der Waals surface area contributed by atoms with E-state index < -0.39 is 0 Å². The predicted octanol–water partition coefficient (Wildman–Crippen LogP) is 3.59. The van der Waals surface area contributed by atoms with E-state index in [-0.39, 0.29) is 11.8 Å². The summed E-state index contributed by atoms with van der Waals surface area (Å²) in [5.41, 5.74) is 0.702. The van der Waals surface area contributed by atoms with Gasteiger partial charge in [0.2, 0.25) is 5.91 Å². The summed E-state index contributed by atoms with van der Waals surface area (Å²) in [4.78, 5) is 11.6. The Morgan fingerprint density at radius 2 is 2.07 bits per heavy atom. The van der Waals surface area contributed by atoms with Gasteiger partial charge in [-0.3, -0.25) is 4.79 Å². The van der Waals surface area contributed by atoms with Gasteiger partial charge in [0.05, 0.1) is 10.0 Å². The first-order valence-electron chi connectivity index (χ1n) is 4.84. The van der Waals surface area contributed by atoms with E-state index >= 15 is 0 Å². The molecule has 0 spiro atoms. The highest BCUT2D eigenvalue weighted by Crippen LogP contribution is 2.38. The topological polar surface area (TPSA) is 29.1 Å². The van der Waals surface area contributed by atoms with Crippen LogP contribution in [0.1, 0.15) is 13.3 Å². The summed E-state index contributed by atoms with van der Waals surface area (Å²) in [6.07, 6.45) is 0.979. The van der Waals surface area contributed by atoms with Gasteiger partial charge in [-0.05, 0) is 30.5 Å². The fraction of sp³-hybridized carbons (Fsp3) is 0.364. The third-order valence-electron chi connectivity index (χ3n) is 2.63. The Labute approximate surface area is 98.6 Å². The van der Waals surface area contributed by atoms with Crippen LogP contribution in [0.15, 0.2) is 18.2 Å². The van der Waals surface area contributed by atoms with Gasteiger partial charge in [0.1, 0.15) is 0 Å². The van der Waals surface area contributed by atoms with E-state index in [9.17, 15) is 4.79 Å². The number of benzene rings is 1. The molecule has 1 aliphatic rings. The lowest BCUT2D eigenvalue weighted by Gasteiger charge is -2.05. The molecule has 1 amide bonds. The molecular formula is C11H11Cl2NO. The van der Waals surface area contributed by atoms with E-state index in [1.165, 1.54) is 0 Å². The van der Waals surface area contributed by atoms with E-state index in [4.69, 9.17) is 23.2 Å². The van der Waals surface area contributed by atoms with Gasteiger partial charge in [-0.15, -0.1) is 0 Å². The van der Waals surface area contributed by atoms with Crippen LogP contribution in [0.4, 0.5) is 5.69 Å². The Bertz CT molecular complexity index is 406. The average molecular weight is 244 g/mol. The van der Waals surface area contributed by atoms with Crippen LogP contribution in [-0.4, -0.2) is 5.91 Å². The maximum absolute atomic E-state index is 11.6. The van der Waals surface area contributed by atoms with Gasteiger partial charge >= 0.3 is 0 Å². The average Bonchev–Trinajstić information content (AvgIpc) is 2.89. The van der Waals surface area contributed by atoms with Crippen LogP contribution >= 0.6 is 23.2 Å². The van der Waals surface area contributed by atoms with E-state index in [1.807, 2.05) is 0 Å². The van der Waals surface area contributed by atoms with Gasteiger partial charge in [0.15, 0.2) is 0 Å². The molecule has 1 aromatic rings. The first-order chi connectivity index (χ1) is 7.08. The molecule has 2 rings (SSSR count). The van der Waals surface area contributed by atoms with Gasteiger partial charge in [-0.1, -0.05) is 30.1 Å². The first-order valence-corrected chi connectivity index (χ1v) is 5.59. The first kappa shape index (κ1) is 10.8. The number of anilines is 1. The zero-order valence-corrected chi connectivity index (χ0v) is 9.77. The monoisotopic (exact) mass is 243 g/mol. The highest BCUT2D eigenvalue weighted by atomic mass is 35.5. The molecule has 1 fully saturated rings. The largest absolute Gasteiger partial charge is 0.326 e. The summed E-state index contributed by atoms with van der Waals surface area (Å²) >= 11 is 11.6. The number of hydrogen-bond donors (Lipinski definition) is 1. The molecule has 4 heteroatoms. The molecular weight excluding hydrogens is 233 g/mol. The molecule has 80 valence electrons. The highest BCUT2D eigenvalue weighted by Gasteiger charge is 2.39. The maximum atomic E-state index is 11.6. The molecule has 0 heterocycles. The van der Waals surface area contributed by atoms with E-state index in [1.54, 1.807) is 18.2 Å². The Morgan fingerprint density at radius 3 is 2.60 bits per heavy atom. The number of halogens is 2. The molecule has 1 aliphatic carbocycles. The summed E-state index contributed by atoms with van der Waals surface area (Å²) < 4.78 is 0. The summed E-state index contributed by atoms with van der Waals surface area (Å²) in [5, 5.41) is 3.77. The minimum Gasteiger partial charge on any atom is -0.326 e. The number of amides is 1. The SMILES string of the molecule is CC1CC1C(=O)Nc1ccc(Cl)c(Cl)c1. The fourth-order valence-electron chi connectivity index (χ4n) is 1.50. The zero-order valence-electron chi connectivity index (χ0n) is 8.26. The van der Waals surface area contributed by atoms with Crippen LogP contribution in [-0.2, 0) is 4.79 Å². The lowest BCUT2D eigenvalue weighted by Crippen LogP contribution is -2.14. The standard InChI is InChI=1S/C11H11Cl2NO/c1-6-4-8(6)11(15)14-7-2-3-9(12)10(13)5-7/h2-3,5-6,8H,4H2,1H3,(H,14,15). The molecule has 1 aromatic carbocycles. The molecule has 1 saturated carbocycles. The summed E-state index contributed by atoms with van der Waals surface area (Å²) in [6, 6.07) is 5.09. The third kappa shape index (κ3) is 2.44. The number of rotatable bonds is 2. The zero-order chi connectivity index (χ0) is 11.0. The predicted molar refractivity (Wildman–Crippen MR) is 62.4 cm³/mol. The van der Waals surface area contributed by atoms with E-state index in [2.05, 4.69) is 12.2 Å². The molecule has 2 unspecified atom stereocenters. The van der Waals surface area contributed by atoms with E-state index in [0.717, 1.165) is 6.42 Å². The number of carbonyl (C=O) groups excluding carboxylic acids is 1. The van der Waals surface area contributed by atoms with Crippen molar-refractivity contribution in [1.82, 2.24) is 0 Å². The van der Waals surface area contributed by atoms with Crippen molar-refractivity contribution in [1.29, 1.82) is 0 Å². The lowest BCUT2D eigenvalue weighted by molar-refractivity contribution is -0.117. The summed E-state index contributed by atoms with van der Waals surface area (Å²) in [6.45, 7) is 2.07. The third-order valence-corrected chi connectivity index (χ3v) is 3.37. The Hall–Kier alpha value is -0.730. The van der Waals surface area contributed by atoms with Crippen LogP contribution in [0.3, 0.4) is 0 Å². The van der Waals surface area contributed by atoms with Crippen molar-refractivity contribution in [3.63, 3.8) is 0 Å². The van der Waals surface area contributed by atoms with Gasteiger partial charge in [0.25, 0.3) is 0 Å². The van der Waals surface area contributed by atoms with Crippen LogP contribution < -0.4 is 5.32 Å². The minimum absolute atomic E-state index is 0.0703. The van der Waals surface area contributed by atoms with Gasteiger partial charge < -0.3 is 5.32 Å². The highest BCUT2D eigenvalue weighted by molar-refractivity contribution is 6.42. The maximum Gasteiger partial charge on any atom is 0.227 e. The van der Waals surface area contributed by atoms with Gasteiger partial charge in [-0.2, -0.15) is 0 Å². The quantitative estimate of drug-likeness (QED) is 0.846. The molecule has 0 aromatic heterocycles. The molecule has 2 nitrogen and oxygen atoms in total. The van der Waals surface area contributed by atoms with Crippen molar-refractivity contribution in [2.45, 2.75) is 13.3 Å². The van der Waals surface area contributed by atoms with Crippen molar-refractivity contribution in [2.24, 2.45) is 11.8 Å². The van der Waals surface area contributed by atoms with Crippen LogP contribution in [0.25, 0.3) is 0 Å². The van der Waals surface area contributed by atoms with Crippen molar-refractivity contribution >= 4 is 34.8 Å². The van der Waals surface area contributed by atoms with Crippen LogP contribution in [0, 0.1) is 11.8 Å². The molecule has 0 aliphatic heterocycles. The minimum atomic E-state index is 0.0703. The molecule has 0 radical (unpaired) electrons. The number of hydrogen-bond acceptors (Lipinski definition) is 1. The smallest absolute Gasteiger partial charge is 0.227 e. The van der Waals surface area contributed by atoms with Crippen LogP contribution in [0.5, 0.6) is 0 Å². The second-order valence-electron chi connectivity index (χ2n) is 3.94. The second-order valence-corrected chi connectivity index (χ2v) is 4.75. The molecule has 0 bridgehead atoms. The number of carbonyl (C=O) groups is 1. The summed E-state index contributed by atoms with van der Waals surface area (Å²) in [5.74, 6) is 0.744. The molecule has 1 N–H and O–H groups in total. The van der Waals surface area contributed by atoms with Crippen molar-refractivity contribution in [3.05, 3.63) is 28.2 Å². The van der Waals surface area contributed by atoms with Gasteiger partial charge in [-0.25, -0.2) is 0 Å². The van der Waals surface area contributed by atoms with Crippen molar-refractivity contribution in [3.8, 4) is 0 Å². The molecule has 0 saturated heterocycles. The van der Waals surface area contributed by atoms with Crippen molar-refractivity contribution < 1.29 is 4.79 Å². The number of nitrogens with one attached hydrogen (secondary N) is 1. The normalized spacial score (nSPS) is 23.7. The van der Waals surface area contributed by atoms with Crippen LogP contribution in [0.2, 0.25) is 10.0 Å². The van der Waals surface area contributed by atoms with E-state index in [0.29, 0.717) is 21.7 Å². The lowest BCUT2D eigenvalue weighted by atomic mass is 10.3. The fourth-order valence-corrected chi connectivity index (χ4v) is 1.79. The Morgan fingerprint density at radius 1 is 1.40 bits per heavy atom. The van der Waals surface area contributed by atoms with Crippen molar-refractivity contribution in [2.75, 3.05) is 5.32 Å². The Balaban J connectivity index is 2.04. The molecule has 15 heavy (non-hydrogen) atoms. The second kappa shape index (κ2) is 4.03.